The maximum atomic E-state index is 13.6. The first-order valence-corrected chi connectivity index (χ1v) is 8.66. The van der Waals surface area contributed by atoms with E-state index in [4.69, 9.17) is 11.5 Å². The van der Waals surface area contributed by atoms with E-state index in [1.54, 1.807) is 24.5 Å². The Balaban J connectivity index is 1.78. The number of fused-ring (bicyclic) bond motifs is 1. The van der Waals surface area contributed by atoms with Gasteiger partial charge in [0, 0.05) is 25.0 Å². The van der Waals surface area contributed by atoms with Crippen LogP contribution in [0.25, 0.3) is 22.7 Å². The third-order valence-electron chi connectivity index (χ3n) is 4.25. The summed E-state index contributed by atoms with van der Waals surface area (Å²) in [7, 11) is 0. The molecule has 3 aromatic heterocycles. The number of nitrogen functional groups attached to an aromatic ring is 1. The van der Waals surface area contributed by atoms with Gasteiger partial charge in [0.15, 0.2) is 11.5 Å². The lowest BCUT2D eigenvalue weighted by molar-refractivity contribution is 0.627. The zero-order chi connectivity index (χ0) is 19.7. The molecule has 0 saturated carbocycles. The number of aryl methyl sites for hydroxylation is 1. The van der Waals surface area contributed by atoms with Crippen molar-refractivity contribution in [3.63, 3.8) is 0 Å². The van der Waals surface area contributed by atoms with Crippen LogP contribution < -0.4 is 16.8 Å². The molecule has 10 heteroatoms. The van der Waals surface area contributed by atoms with Crippen LogP contribution >= 0.6 is 0 Å². The van der Waals surface area contributed by atoms with Crippen LogP contribution in [-0.2, 0) is 13.1 Å². The zero-order valence-electron chi connectivity index (χ0n) is 15.1. The van der Waals surface area contributed by atoms with Gasteiger partial charge in [0.25, 0.3) is 0 Å². The van der Waals surface area contributed by atoms with Crippen molar-refractivity contribution in [1.82, 2.24) is 29.5 Å². The van der Waals surface area contributed by atoms with Crippen LogP contribution in [-0.4, -0.2) is 29.5 Å². The SMILES string of the molecule is CCn1c(-c2ccnc(N)n2)nc2cnc(Nc3cc(F)ccc3CN)nc21. The average Bonchev–Trinajstić information content (AvgIpc) is 3.06. The fourth-order valence-corrected chi connectivity index (χ4v) is 2.94. The Hall–Kier alpha value is -3.66. The maximum Gasteiger partial charge on any atom is 0.229 e. The third-order valence-corrected chi connectivity index (χ3v) is 4.25. The van der Waals surface area contributed by atoms with Crippen LogP contribution in [0.1, 0.15) is 12.5 Å². The number of nitrogens with zero attached hydrogens (tertiary/aromatic N) is 6. The number of nitrogens with two attached hydrogens (primary N) is 2. The fourth-order valence-electron chi connectivity index (χ4n) is 2.94. The van der Waals surface area contributed by atoms with Gasteiger partial charge in [-0.15, -0.1) is 0 Å². The van der Waals surface area contributed by atoms with Crippen molar-refractivity contribution in [3.05, 3.63) is 48.0 Å². The van der Waals surface area contributed by atoms with Crippen molar-refractivity contribution in [2.45, 2.75) is 20.0 Å². The number of nitrogens with one attached hydrogen (secondary N) is 1. The van der Waals surface area contributed by atoms with Gasteiger partial charge in [-0.2, -0.15) is 4.98 Å². The van der Waals surface area contributed by atoms with E-state index in [2.05, 4.69) is 30.2 Å². The minimum Gasteiger partial charge on any atom is -0.368 e. The number of hydrogen-bond donors (Lipinski definition) is 3. The molecule has 1 aromatic carbocycles. The molecule has 0 saturated heterocycles. The smallest absolute Gasteiger partial charge is 0.229 e. The first-order chi connectivity index (χ1) is 13.6. The summed E-state index contributed by atoms with van der Waals surface area (Å²) in [6.45, 7) is 2.85. The summed E-state index contributed by atoms with van der Waals surface area (Å²) in [4.78, 5) is 21.6. The second-order valence-corrected chi connectivity index (χ2v) is 6.01. The van der Waals surface area contributed by atoms with Crippen molar-refractivity contribution < 1.29 is 4.39 Å². The Morgan fingerprint density at radius 2 is 2.00 bits per heavy atom. The van der Waals surface area contributed by atoms with E-state index in [0.717, 1.165) is 5.56 Å². The van der Waals surface area contributed by atoms with Gasteiger partial charge in [-0.3, -0.25) is 0 Å². The number of aromatic nitrogens is 6. The summed E-state index contributed by atoms with van der Waals surface area (Å²) in [6, 6.07) is 6.09. The van der Waals surface area contributed by atoms with Crippen LogP contribution in [0.4, 0.5) is 22.0 Å². The molecule has 0 amide bonds. The topological polar surface area (TPSA) is 133 Å². The Bertz CT molecular complexity index is 1160. The summed E-state index contributed by atoms with van der Waals surface area (Å²) in [5, 5.41) is 3.04. The molecular formula is C18H18FN9. The minimum absolute atomic E-state index is 0.168. The van der Waals surface area contributed by atoms with Gasteiger partial charge in [0.2, 0.25) is 11.9 Å². The molecule has 0 aliphatic carbocycles. The highest BCUT2D eigenvalue weighted by atomic mass is 19.1. The van der Waals surface area contributed by atoms with Crippen LogP contribution in [0.2, 0.25) is 0 Å². The normalized spacial score (nSPS) is 11.1. The van der Waals surface area contributed by atoms with Gasteiger partial charge in [-0.1, -0.05) is 6.07 Å². The van der Waals surface area contributed by atoms with Gasteiger partial charge in [-0.05, 0) is 30.7 Å². The molecule has 3 heterocycles. The quantitative estimate of drug-likeness (QED) is 0.481. The van der Waals surface area contributed by atoms with E-state index in [0.29, 0.717) is 40.9 Å². The summed E-state index contributed by atoms with van der Waals surface area (Å²) >= 11 is 0. The molecule has 0 spiro atoms. The third kappa shape index (κ3) is 3.21. The van der Waals surface area contributed by atoms with E-state index in [9.17, 15) is 4.39 Å². The van der Waals surface area contributed by atoms with Crippen LogP contribution in [0.5, 0.6) is 0 Å². The Kier molecular flexibility index (Phi) is 4.53. The average molecular weight is 379 g/mol. The molecule has 9 nitrogen and oxygen atoms in total. The van der Waals surface area contributed by atoms with Crippen molar-refractivity contribution in [3.8, 4) is 11.5 Å². The molecule has 0 aliphatic rings. The van der Waals surface area contributed by atoms with Crippen LogP contribution in [0.15, 0.2) is 36.7 Å². The monoisotopic (exact) mass is 379 g/mol. The van der Waals surface area contributed by atoms with Gasteiger partial charge in [0.05, 0.1) is 6.20 Å². The largest absolute Gasteiger partial charge is 0.368 e. The van der Waals surface area contributed by atoms with E-state index in [1.165, 1.54) is 12.1 Å². The molecule has 0 fully saturated rings. The number of rotatable bonds is 5. The number of hydrogen-bond acceptors (Lipinski definition) is 8. The predicted octanol–water partition coefficient (Wildman–Crippen LogP) is 2.23. The summed E-state index contributed by atoms with van der Waals surface area (Å²) < 4.78 is 15.5. The summed E-state index contributed by atoms with van der Waals surface area (Å²) in [5.41, 5.74) is 14.5. The second kappa shape index (κ2) is 7.16. The Morgan fingerprint density at radius 3 is 2.75 bits per heavy atom. The molecule has 0 radical (unpaired) electrons. The van der Waals surface area contributed by atoms with Gasteiger partial charge in [-0.25, -0.2) is 24.3 Å². The molecule has 5 N–H and O–H groups in total. The first-order valence-electron chi connectivity index (χ1n) is 8.66. The number of benzene rings is 1. The lowest BCUT2D eigenvalue weighted by Crippen LogP contribution is -2.06. The highest BCUT2D eigenvalue weighted by Gasteiger charge is 2.16. The van der Waals surface area contributed by atoms with E-state index >= 15 is 0 Å². The van der Waals surface area contributed by atoms with E-state index in [-0.39, 0.29) is 18.3 Å². The lowest BCUT2D eigenvalue weighted by Gasteiger charge is -2.10. The van der Waals surface area contributed by atoms with E-state index < -0.39 is 0 Å². The Labute approximate surface area is 159 Å². The molecular weight excluding hydrogens is 361 g/mol. The first kappa shape index (κ1) is 17.7. The van der Waals surface area contributed by atoms with Crippen molar-refractivity contribution in [2.24, 2.45) is 5.73 Å². The number of halogens is 1. The van der Waals surface area contributed by atoms with Crippen molar-refractivity contribution >= 4 is 28.7 Å². The molecule has 4 aromatic rings. The minimum atomic E-state index is -0.372. The molecule has 0 atom stereocenters. The second-order valence-electron chi connectivity index (χ2n) is 6.01. The van der Waals surface area contributed by atoms with Gasteiger partial charge >= 0.3 is 0 Å². The zero-order valence-corrected chi connectivity index (χ0v) is 15.1. The maximum absolute atomic E-state index is 13.6. The number of anilines is 3. The molecule has 142 valence electrons. The van der Waals surface area contributed by atoms with Crippen LogP contribution in [0.3, 0.4) is 0 Å². The molecule has 0 unspecified atom stereocenters. The molecule has 0 bridgehead atoms. The fraction of sp³-hybridized carbons (Fsp3) is 0.167. The van der Waals surface area contributed by atoms with Crippen molar-refractivity contribution in [2.75, 3.05) is 11.1 Å². The summed E-state index contributed by atoms with van der Waals surface area (Å²) in [5.74, 6) is 0.728. The van der Waals surface area contributed by atoms with Crippen LogP contribution in [0, 0.1) is 5.82 Å². The standard InChI is InChI=1S/C18H18FN9/c1-2-28-15(12-5-6-22-17(21)25-12)24-14-9-23-18(27-16(14)28)26-13-7-11(19)4-3-10(13)8-20/h3-7,9H,2,8,20H2,1H3,(H2,21,22,25)(H,23,26,27). The molecule has 0 aliphatic heterocycles. The van der Waals surface area contributed by atoms with Gasteiger partial charge in [0.1, 0.15) is 17.0 Å². The summed E-state index contributed by atoms with van der Waals surface area (Å²) in [6.07, 6.45) is 3.18. The van der Waals surface area contributed by atoms with Gasteiger partial charge < -0.3 is 21.4 Å². The van der Waals surface area contributed by atoms with Crippen molar-refractivity contribution in [1.29, 1.82) is 0 Å². The Morgan fingerprint density at radius 1 is 1.14 bits per heavy atom. The highest BCUT2D eigenvalue weighted by molar-refractivity contribution is 5.77. The predicted molar refractivity (Wildman–Crippen MR) is 104 cm³/mol. The highest BCUT2D eigenvalue weighted by Crippen LogP contribution is 2.25. The molecule has 4 rings (SSSR count). The van der Waals surface area contributed by atoms with E-state index in [1.807, 2.05) is 11.5 Å². The molecule has 28 heavy (non-hydrogen) atoms. The lowest BCUT2D eigenvalue weighted by atomic mass is 10.2. The number of imidazole rings is 1.